The fraction of sp³-hybridized carbons (Fsp3) is 0.889. The minimum absolute atomic E-state index is 0.0422. The Labute approximate surface area is 150 Å². The van der Waals surface area contributed by atoms with E-state index >= 15 is 0 Å². The number of nitrogens with one attached hydrogen (secondary N) is 3. The zero-order valence-electron chi connectivity index (χ0n) is 15.3. The van der Waals surface area contributed by atoms with Crippen molar-refractivity contribution in [3.8, 4) is 0 Å². The van der Waals surface area contributed by atoms with E-state index < -0.39 is 0 Å². The summed E-state index contributed by atoms with van der Waals surface area (Å²) < 4.78 is 0. The fourth-order valence-corrected chi connectivity index (χ4v) is 4.26. The lowest BCUT2D eigenvalue weighted by Gasteiger charge is -2.39. The van der Waals surface area contributed by atoms with Gasteiger partial charge in [0.25, 0.3) is 0 Å². The Hall–Kier alpha value is -1.18. The molecule has 0 saturated carbocycles. The number of nitrogens with zero attached hydrogens (tertiary/aromatic N) is 2. The van der Waals surface area contributed by atoms with Crippen molar-refractivity contribution < 1.29 is 9.59 Å². The van der Waals surface area contributed by atoms with E-state index in [9.17, 15) is 9.59 Å². The average Bonchev–Trinajstić information content (AvgIpc) is 2.66. The number of hydrogen-bond acceptors (Lipinski definition) is 5. The van der Waals surface area contributed by atoms with Gasteiger partial charge in [0.15, 0.2) is 0 Å². The molecule has 0 aromatic heterocycles. The third kappa shape index (κ3) is 5.66. The molecule has 3 fully saturated rings. The molecule has 0 aliphatic carbocycles. The molecule has 142 valence electrons. The molecule has 3 rings (SSSR count). The van der Waals surface area contributed by atoms with E-state index in [1.807, 2.05) is 0 Å². The molecular formula is C18H33N5O2. The Morgan fingerprint density at radius 1 is 1.16 bits per heavy atom. The van der Waals surface area contributed by atoms with Crippen molar-refractivity contribution in [2.75, 3.05) is 45.8 Å². The van der Waals surface area contributed by atoms with Gasteiger partial charge in [-0.25, -0.2) is 5.43 Å². The van der Waals surface area contributed by atoms with Crippen LogP contribution in [0.25, 0.3) is 0 Å². The van der Waals surface area contributed by atoms with Crippen molar-refractivity contribution >= 4 is 11.8 Å². The zero-order valence-corrected chi connectivity index (χ0v) is 15.3. The van der Waals surface area contributed by atoms with Gasteiger partial charge < -0.3 is 10.2 Å². The molecular weight excluding hydrogens is 318 g/mol. The molecule has 7 nitrogen and oxygen atoms in total. The van der Waals surface area contributed by atoms with Crippen LogP contribution in [0.15, 0.2) is 0 Å². The van der Waals surface area contributed by atoms with E-state index in [2.05, 4.69) is 26.0 Å². The molecule has 0 radical (unpaired) electrons. The highest BCUT2D eigenvalue weighted by Crippen LogP contribution is 2.20. The van der Waals surface area contributed by atoms with Crippen LogP contribution in [0.4, 0.5) is 0 Å². The van der Waals surface area contributed by atoms with Crippen molar-refractivity contribution in [1.82, 2.24) is 26.0 Å². The number of carbonyl (C=O) groups excluding carboxylic acids is 2. The summed E-state index contributed by atoms with van der Waals surface area (Å²) in [6, 6.07) is 0.212. The van der Waals surface area contributed by atoms with Gasteiger partial charge in [-0.2, -0.15) is 0 Å². The molecule has 0 spiro atoms. The minimum Gasteiger partial charge on any atom is -0.356 e. The topological polar surface area (TPSA) is 76.7 Å². The highest BCUT2D eigenvalue weighted by Gasteiger charge is 2.32. The third-order valence-corrected chi connectivity index (χ3v) is 5.73. The van der Waals surface area contributed by atoms with E-state index in [1.54, 1.807) is 0 Å². The highest BCUT2D eigenvalue weighted by molar-refractivity contribution is 5.79. The van der Waals surface area contributed by atoms with Crippen LogP contribution in [-0.4, -0.2) is 73.5 Å². The normalized spacial score (nSPS) is 29.2. The van der Waals surface area contributed by atoms with Gasteiger partial charge in [-0.3, -0.25) is 19.9 Å². The lowest BCUT2D eigenvalue weighted by atomic mass is 9.94. The Morgan fingerprint density at radius 3 is 2.80 bits per heavy atom. The Bertz CT molecular complexity index is 453. The van der Waals surface area contributed by atoms with Gasteiger partial charge >= 0.3 is 0 Å². The maximum atomic E-state index is 12.5. The van der Waals surface area contributed by atoms with Crippen LogP contribution < -0.4 is 16.2 Å². The number of rotatable bonds is 6. The van der Waals surface area contributed by atoms with Gasteiger partial charge in [0.2, 0.25) is 11.8 Å². The number of hydrazine groups is 1. The molecule has 2 unspecified atom stereocenters. The molecule has 3 heterocycles. The average molecular weight is 351 g/mol. The first-order valence-corrected chi connectivity index (χ1v) is 9.98. The zero-order chi connectivity index (χ0) is 17.5. The van der Waals surface area contributed by atoms with Crippen molar-refractivity contribution in [2.45, 2.75) is 51.0 Å². The second-order valence-corrected chi connectivity index (χ2v) is 7.67. The van der Waals surface area contributed by atoms with Crippen LogP contribution in [0.3, 0.4) is 0 Å². The van der Waals surface area contributed by atoms with Gasteiger partial charge in [-0.1, -0.05) is 6.42 Å². The van der Waals surface area contributed by atoms with Crippen LogP contribution in [0.2, 0.25) is 0 Å². The van der Waals surface area contributed by atoms with Crippen molar-refractivity contribution in [3.05, 3.63) is 0 Å². The molecule has 3 saturated heterocycles. The van der Waals surface area contributed by atoms with Gasteiger partial charge in [-0.05, 0) is 58.3 Å². The van der Waals surface area contributed by atoms with Gasteiger partial charge in [0.05, 0.1) is 5.92 Å². The third-order valence-electron chi connectivity index (χ3n) is 5.73. The highest BCUT2D eigenvalue weighted by atomic mass is 16.2. The second-order valence-electron chi connectivity index (χ2n) is 7.67. The molecule has 0 bridgehead atoms. The van der Waals surface area contributed by atoms with Crippen LogP contribution >= 0.6 is 0 Å². The standard InChI is InChI=1S/C18H33N5O2/c24-17-12-16(13-20-21-17)23-11-4-6-15(14-23)18(25)19-7-5-10-22-8-2-1-3-9-22/h15-16,20H,1-14H2,(H,19,25)(H,21,24). The smallest absolute Gasteiger partial charge is 0.235 e. The lowest BCUT2D eigenvalue weighted by molar-refractivity contribution is -0.128. The Morgan fingerprint density at radius 2 is 2.00 bits per heavy atom. The summed E-state index contributed by atoms with van der Waals surface area (Å²) in [6.07, 6.45) is 7.55. The van der Waals surface area contributed by atoms with Gasteiger partial charge in [-0.15, -0.1) is 0 Å². The molecule has 3 aliphatic heterocycles. The van der Waals surface area contributed by atoms with E-state index in [1.165, 1.54) is 32.4 Å². The fourth-order valence-electron chi connectivity index (χ4n) is 4.26. The van der Waals surface area contributed by atoms with Crippen LogP contribution in [-0.2, 0) is 9.59 Å². The molecule has 2 atom stereocenters. The van der Waals surface area contributed by atoms with Gasteiger partial charge in [0.1, 0.15) is 0 Å². The molecule has 25 heavy (non-hydrogen) atoms. The largest absolute Gasteiger partial charge is 0.356 e. The van der Waals surface area contributed by atoms with E-state index in [0.717, 1.165) is 52.0 Å². The predicted octanol–water partition coefficient (Wildman–Crippen LogP) is 0.0837. The first-order chi connectivity index (χ1) is 12.2. The molecule has 2 amide bonds. The first-order valence-electron chi connectivity index (χ1n) is 9.98. The minimum atomic E-state index is 0.0422. The molecule has 3 aliphatic rings. The maximum Gasteiger partial charge on any atom is 0.235 e. The summed E-state index contributed by atoms with van der Waals surface area (Å²) in [5.41, 5.74) is 5.60. The summed E-state index contributed by atoms with van der Waals surface area (Å²) >= 11 is 0. The Kier molecular flexibility index (Phi) is 7.07. The summed E-state index contributed by atoms with van der Waals surface area (Å²) in [7, 11) is 0. The SMILES string of the molecule is O=C1CC(N2CCCC(C(=O)NCCCN3CCCCC3)C2)CNN1. The van der Waals surface area contributed by atoms with E-state index in [4.69, 9.17) is 0 Å². The first kappa shape index (κ1) is 18.6. The van der Waals surface area contributed by atoms with Crippen LogP contribution in [0, 0.1) is 5.92 Å². The lowest BCUT2D eigenvalue weighted by Crippen LogP contribution is -2.57. The monoisotopic (exact) mass is 351 g/mol. The quantitative estimate of drug-likeness (QED) is 0.591. The molecule has 0 aromatic carbocycles. The number of carbonyl (C=O) groups is 2. The van der Waals surface area contributed by atoms with Crippen molar-refractivity contribution in [1.29, 1.82) is 0 Å². The Balaban J connectivity index is 1.35. The van der Waals surface area contributed by atoms with Crippen LogP contribution in [0.1, 0.15) is 44.9 Å². The number of piperidine rings is 2. The number of likely N-dealkylation sites (tertiary alicyclic amines) is 2. The van der Waals surface area contributed by atoms with Crippen molar-refractivity contribution in [3.63, 3.8) is 0 Å². The molecule has 7 heteroatoms. The second kappa shape index (κ2) is 9.50. The summed E-state index contributed by atoms with van der Waals surface area (Å²) in [5.74, 6) is 0.297. The van der Waals surface area contributed by atoms with E-state index in [-0.39, 0.29) is 23.8 Å². The van der Waals surface area contributed by atoms with Crippen LogP contribution in [0.5, 0.6) is 0 Å². The maximum absolute atomic E-state index is 12.5. The van der Waals surface area contributed by atoms with E-state index in [0.29, 0.717) is 6.42 Å². The molecule has 3 N–H and O–H groups in total. The number of amides is 2. The van der Waals surface area contributed by atoms with Crippen molar-refractivity contribution in [2.24, 2.45) is 5.92 Å². The van der Waals surface area contributed by atoms with Gasteiger partial charge in [0, 0.05) is 32.1 Å². The number of hydrogen-bond donors (Lipinski definition) is 3. The summed E-state index contributed by atoms with van der Waals surface area (Å²) in [4.78, 5) is 28.9. The summed E-state index contributed by atoms with van der Waals surface area (Å²) in [6.45, 7) is 6.83. The molecule has 0 aromatic rings. The predicted molar refractivity (Wildman–Crippen MR) is 96.8 cm³/mol. The summed E-state index contributed by atoms with van der Waals surface area (Å²) in [5, 5.41) is 3.14.